The largest absolute Gasteiger partial charge is 0.508 e. The number of ketones is 2. The molecule has 12 heteroatoms. The Morgan fingerprint density at radius 3 is 2.33 bits per heavy atom. The Hall–Kier alpha value is -3.29. The van der Waals surface area contributed by atoms with E-state index < -0.39 is 63.6 Å². The predicted molar refractivity (Wildman–Crippen MR) is 145 cm³/mol. The van der Waals surface area contributed by atoms with E-state index >= 15 is 0 Å². The molecule has 0 aliphatic heterocycles. The zero-order chi connectivity index (χ0) is 30.1. The molecule has 3 aliphatic carbocycles. The van der Waals surface area contributed by atoms with Crippen LogP contribution in [0.3, 0.4) is 0 Å². The lowest BCUT2D eigenvalue weighted by molar-refractivity contribution is -0.299. The molecule has 12 nitrogen and oxygen atoms in total. The van der Waals surface area contributed by atoms with Crippen molar-refractivity contribution in [3.05, 3.63) is 39.7 Å². The molecule has 218 valence electrons. The molecule has 0 aromatic heterocycles. The number of likely N-dealkylation sites (N-methyl/N-ethyl adjacent to an activating group) is 1. The number of aromatic hydroxyl groups is 1. The number of aliphatic hydroxyl groups is 3. The van der Waals surface area contributed by atoms with E-state index in [0.717, 1.165) is 0 Å². The number of hydrogen-bond acceptors (Lipinski definition) is 11. The Morgan fingerprint density at radius 1 is 1.18 bits per heavy atom. The van der Waals surface area contributed by atoms with Crippen LogP contribution in [0.1, 0.15) is 43.9 Å². The topological polar surface area (TPSA) is 188 Å². The Bertz CT molecular complexity index is 1360. The van der Waals surface area contributed by atoms with Crippen LogP contribution in [-0.2, 0) is 32.2 Å². The van der Waals surface area contributed by atoms with Crippen LogP contribution in [0.4, 0.5) is 5.69 Å². The maximum atomic E-state index is 14.0. The Morgan fingerprint density at radius 2 is 1.80 bits per heavy atom. The predicted octanol–water partition coefficient (Wildman–Crippen LogP) is 0.133. The van der Waals surface area contributed by atoms with Gasteiger partial charge in [-0.3, -0.25) is 25.1 Å². The van der Waals surface area contributed by atoms with Crippen LogP contribution in [0.2, 0.25) is 0 Å². The molecule has 0 radical (unpaired) electrons. The van der Waals surface area contributed by atoms with Gasteiger partial charge in [0, 0.05) is 43.4 Å². The normalized spacial score (nSPS) is 26.6. The third kappa shape index (κ3) is 4.49. The first kappa shape index (κ1) is 29.7. The van der Waals surface area contributed by atoms with Gasteiger partial charge in [-0.15, -0.1) is 0 Å². The second-order valence-electron chi connectivity index (χ2n) is 12.2. The third-order valence-electron chi connectivity index (χ3n) is 7.93. The zero-order valence-corrected chi connectivity index (χ0v) is 24.0. The SMILES string of the molecule is CN(C)c1cc(CNOC(C)(C)C)c(O)c2c1CC1CC3C(N(C)C)C(=O)C(C([NH3+])=O)=C(O)C3(O)C(=O)C1=C2O. The van der Waals surface area contributed by atoms with Crippen LogP contribution in [0.5, 0.6) is 5.75 Å². The lowest BCUT2D eigenvalue weighted by atomic mass is 9.57. The maximum absolute atomic E-state index is 14.0. The van der Waals surface area contributed by atoms with Crippen molar-refractivity contribution in [2.24, 2.45) is 11.8 Å². The number of hydrogen-bond donors (Lipinski definition) is 6. The van der Waals surface area contributed by atoms with Crippen molar-refractivity contribution in [3.8, 4) is 5.75 Å². The van der Waals surface area contributed by atoms with E-state index in [2.05, 4.69) is 11.2 Å². The van der Waals surface area contributed by atoms with E-state index in [9.17, 15) is 34.8 Å². The number of quaternary nitrogens is 1. The molecule has 1 aromatic carbocycles. The summed E-state index contributed by atoms with van der Waals surface area (Å²) in [6.07, 6.45) is 0.273. The number of phenols is 1. The Labute approximate surface area is 232 Å². The standard InChI is InChI=1S/C28H38N4O8/c1-27(2,3)40-30-11-13-10-16(31(4)5)14-8-12-9-15-20(32(6)7)23(35)19(26(29)38)25(37)28(15,39)24(36)17(12)22(34)18(14)21(13)33/h10,12,15,20,30,33-34,37,39H,8-9,11H2,1-7H3,(H2,29,38)/p+1. The fourth-order valence-corrected chi connectivity index (χ4v) is 6.24. The molecule has 1 aromatic rings. The monoisotopic (exact) mass is 559 g/mol. The number of fused-ring (bicyclic) bond motifs is 3. The van der Waals surface area contributed by atoms with Gasteiger partial charge in [0.25, 0.3) is 0 Å². The number of hydroxylamine groups is 1. The maximum Gasteiger partial charge on any atom is 0.348 e. The van der Waals surface area contributed by atoms with Gasteiger partial charge in [-0.25, -0.2) is 4.79 Å². The van der Waals surface area contributed by atoms with Crippen molar-refractivity contribution in [1.29, 1.82) is 0 Å². The number of carbonyl (C=O) groups is 3. The minimum absolute atomic E-state index is 0.0494. The number of rotatable bonds is 6. The molecule has 8 N–H and O–H groups in total. The summed E-state index contributed by atoms with van der Waals surface area (Å²) in [6, 6.07) is 0.688. The third-order valence-corrected chi connectivity index (χ3v) is 7.93. The fourth-order valence-electron chi connectivity index (χ4n) is 6.24. The highest BCUT2D eigenvalue weighted by Crippen LogP contribution is 2.54. The van der Waals surface area contributed by atoms with Gasteiger partial charge in [-0.1, -0.05) is 0 Å². The Kier molecular flexibility index (Phi) is 7.40. The minimum Gasteiger partial charge on any atom is -0.508 e. The number of phenolic OH excluding ortho intramolecular Hbond substituents is 1. The molecule has 1 amide bonds. The lowest BCUT2D eigenvalue weighted by Crippen LogP contribution is -2.68. The fraction of sp³-hybridized carbons (Fsp3) is 0.536. The minimum atomic E-state index is -2.64. The second kappa shape index (κ2) is 9.96. The summed E-state index contributed by atoms with van der Waals surface area (Å²) >= 11 is 0. The van der Waals surface area contributed by atoms with Crippen LogP contribution in [0, 0.1) is 11.8 Å². The van der Waals surface area contributed by atoms with Crippen molar-refractivity contribution in [2.75, 3.05) is 33.1 Å². The molecule has 0 bridgehead atoms. The van der Waals surface area contributed by atoms with Crippen LogP contribution in [0.15, 0.2) is 23.0 Å². The highest BCUT2D eigenvalue weighted by Gasteiger charge is 2.64. The lowest BCUT2D eigenvalue weighted by Gasteiger charge is -2.50. The van der Waals surface area contributed by atoms with Gasteiger partial charge in [0.2, 0.25) is 5.78 Å². The van der Waals surface area contributed by atoms with E-state index in [0.29, 0.717) is 16.8 Å². The quantitative estimate of drug-likeness (QED) is 0.205. The molecule has 0 saturated heterocycles. The number of nitrogens with one attached hydrogen (secondary N) is 1. The number of Topliss-reactive ketones (excluding diaryl/α,β-unsaturated/α-hetero) is 2. The number of nitrogens with zero attached hydrogens (tertiary/aromatic N) is 2. The molecule has 4 unspecified atom stereocenters. The summed E-state index contributed by atoms with van der Waals surface area (Å²) < 4.78 is 0. The molecular weight excluding hydrogens is 520 g/mol. The van der Waals surface area contributed by atoms with E-state index in [4.69, 9.17) is 4.84 Å². The average molecular weight is 560 g/mol. The van der Waals surface area contributed by atoms with Gasteiger partial charge in [0.05, 0.1) is 17.2 Å². The highest BCUT2D eigenvalue weighted by atomic mass is 16.7. The molecule has 0 spiro atoms. The van der Waals surface area contributed by atoms with Crippen molar-refractivity contribution in [1.82, 2.24) is 10.4 Å². The molecular formula is C28H39N4O8+. The summed E-state index contributed by atoms with van der Waals surface area (Å²) in [4.78, 5) is 48.5. The van der Waals surface area contributed by atoms with Crippen molar-refractivity contribution < 1.29 is 45.4 Å². The van der Waals surface area contributed by atoms with Crippen LogP contribution >= 0.6 is 0 Å². The second-order valence-corrected chi connectivity index (χ2v) is 12.2. The summed E-state index contributed by atoms with van der Waals surface area (Å²) in [5.41, 5.74) is 3.78. The first-order valence-electron chi connectivity index (χ1n) is 13.1. The number of aliphatic hydroxyl groups excluding tert-OH is 2. The summed E-state index contributed by atoms with van der Waals surface area (Å²) in [5, 5.41) is 45.6. The van der Waals surface area contributed by atoms with Gasteiger partial charge >= 0.3 is 5.91 Å². The van der Waals surface area contributed by atoms with Gasteiger partial charge in [-0.2, -0.15) is 5.48 Å². The van der Waals surface area contributed by atoms with E-state index in [-0.39, 0.29) is 36.3 Å². The number of carbonyl (C=O) groups excluding carboxylic acids is 3. The zero-order valence-electron chi connectivity index (χ0n) is 24.0. The van der Waals surface area contributed by atoms with Gasteiger partial charge in [0.15, 0.2) is 22.7 Å². The summed E-state index contributed by atoms with van der Waals surface area (Å²) in [6.45, 7) is 5.67. The van der Waals surface area contributed by atoms with E-state index in [1.165, 1.54) is 4.90 Å². The van der Waals surface area contributed by atoms with Gasteiger partial charge < -0.3 is 25.3 Å². The van der Waals surface area contributed by atoms with Gasteiger partial charge in [-0.05, 0) is 65.3 Å². The van der Waals surface area contributed by atoms with E-state index in [1.54, 1.807) is 20.2 Å². The number of anilines is 1. The van der Waals surface area contributed by atoms with Gasteiger partial charge in [0.1, 0.15) is 11.5 Å². The number of benzene rings is 1. The molecule has 1 fully saturated rings. The average Bonchev–Trinajstić information content (AvgIpc) is 2.81. The highest BCUT2D eigenvalue weighted by molar-refractivity contribution is 6.22. The van der Waals surface area contributed by atoms with E-state index in [1.807, 2.05) is 39.8 Å². The first-order chi connectivity index (χ1) is 18.4. The van der Waals surface area contributed by atoms with Crippen LogP contribution in [-0.4, -0.2) is 88.2 Å². The Balaban J connectivity index is 1.91. The molecule has 4 rings (SSSR count). The summed E-state index contributed by atoms with van der Waals surface area (Å²) in [5.74, 6) is -6.31. The molecule has 3 aliphatic rings. The first-order valence-corrected chi connectivity index (χ1v) is 13.1. The smallest absolute Gasteiger partial charge is 0.348 e. The van der Waals surface area contributed by atoms with Crippen molar-refractivity contribution in [2.45, 2.75) is 57.4 Å². The van der Waals surface area contributed by atoms with Crippen LogP contribution < -0.4 is 16.1 Å². The number of amides is 1. The van der Waals surface area contributed by atoms with Crippen molar-refractivity contribution >= 4 is 28.9 Å². The van der Waals surface area contributed by atoms with Crippen LogP contribution in [0.25, 0.3) is 5.76 Å². The molecule has 4 atom stereocenters. The molecule has 1 saturated carbocycles. The molecule has 0 heterocycles. The molecule has 40 heavy (non-hydrogen) atoms. The van der Waals surface area contributed by atoms with Crippen molar-refractivity contribution in [3.63, 3.8) is 0 Å². The summed E-state index contributed by atoms with van der Waals surface area (Å²) in [7, 11) is 6.81.